The molecular formula is C13H23N3O. The van der Waals surface area contributed by atoms with Gasteiger partial charge in [0.2, 0.25) is 5.89 Å². The number of hydrogen-bond donors (Lipinski definition) is 1. The topological polar surface area (TPSA) is 64.9 Å². The number of nitrogens with zero attached hydrogens (tertiary/aromatic N) is 2. The third-order valence-electron chi connectivity index (χ3n) is 3.90. The Morgan fingerprint density at radius 1 is 1.41 bits per heavy atom. The van der Waals surface area contributed by atoms with Gasteiger partial charge in [-0.05, 0) is 25.2 Å². The number of rotatable bonds is 3. The lowest BCUT2D eigenvalue weighted by atomic mass is 9.89. The fraction of sp³-hybridized carbons (Fsp3) is 0.846. The zero-order valence-corrected chi connectivity index (χ0v) is 10.9. The molecule has 0 aromatic carbocycles. The van der Waals surface area contributed by atoms with Crippen molar-refractivity contribution in [3.63, 3.8) is 0 Å². The van der Waals surface area contributed by atoms with Crippen LogP contribution in [0, 0.1) is 12.8 Å². The van der Waals surface area contributed by atoms with Gasteiger partial charge in [0.25, 0.3) is 0 Å². The normalized spacial score (nSPS) is 30.2. The van der Waals surface area contributed by atoms with Crippen molar-refractivity contribution in [3.05, 3.63) is 11.7 Å². The zero-order chi connectivity index (χ0) is 12.3. The third-order valence-corrected chi connectivity index (χ3v) is 3.90. The van der Waals surface area contributed by atoms with Gasteiger partial charge >= 0.3 is 0 Å². The molecule has 4 nitrogen and oxygen atoms in total. The molecule has 96 valence electrons. The Bertz CT molecular complexity index is 363. The van der Waals surface area contributed by atoms with E-state index in [0.29, 0.717) is 11.7 Å². The minimum atomic E-state index is -0.361. The van der Waals surface area contributed by atoms with Crippen molar-refractivity contribution >= 4 is 0 Å². The largest absolute Gasteiger partial charge is 0.340 e. The molecule has 1 heterocycles. The summed E-state index contributed by atoms with van der Waals surface area (Å²) in [4.78, 5) is 4.32. The SMILES string of the molecule is CCCC1CCCC(N)(c2noc(C)n2)CC1. The Hall–Kier alpha value is -0.900. The molecule has 0 aliphatic heterocycles. The van der Waals surface area contributed by atoms with Crippen LogP contribution in [0.4, 0.5) is 0 Å². The number of aromatic nitrogens is 2. The molecule has 0 radical (unpaired) electrons. The van der Waals surface area contributed by atoms with Crippen LogP contribution in [0.5, 0.6) is 0 Å². The van der Waals surface area contributed by atoms with Crippen LogP contribution in [0.3, 0.4) is 0 Å². The summed E-state index contributed by atoms with van der Waals surface area (Å²) in [6.07, 6.45) is 8.21. The first-order valence-corrected chi connectivity index (χ1v) is 6.74. The Labute approximate surface area is 103 Å². The van der Waals surface area contributed by atoms with Crippen molar-refractivity contribution in [1.29, 1.82) is 0 Å². The molecule has 2 unspecified atom stereocenters. The lowest BCUT2D eigenvalue weighted by Crippen LogP contribution is -2.37. The minimum absolute atomic E-state index is 0.361. The summed E-state index contributed by atoms with van der Waals surface area (Å²) in [5.41, 5.74) is 6.11. The van der Waals surface area contributed by atoms with Gasteiger partial charge in [-0.15, -0.1) is 0 Å². The summed E-state index contributed by atoms with van der Waals surface area (Å²) in [6.45, 7) is 4.07. The number of hydrogen-bond acceptors (Lipinski definition) is 4. The van der Waals surface area contributed by atoms with Crippen molar-refractivity contribution in [2.24, 2.45) is 11.7 Å². The van der Waals surface area contributed by atoms with Gasteiger partial charge in [0.1, 0.15) is 0 Å². The number of nitrogens with two attached hydrogens (primary N) is 1. The summed E-state index contributed by atoms with van der Waals surface area (Å²) >= 11 is 0. The number of aryl methyl sites for hydroxylation is 1. The smallest absolute Gasteiger partial charge is 0.223 e. The third kappa shape index (κ3) is 2.86. The quantitative estimate of drug-likeness (QED) is 0.821. The van der Waals surface area contributed by atoms with E-state index in [1.54, 1.807) is 0 Å². The molecule has 0 bridgehead atoms. The maximum atomic E-state index is 6.47. The summed E-state index contributed by atoms with van der Waals surface area (Å²) in [5, 5.41) is 4.01. The van der Waals surface area contributed by atoms with Gasteiger partial charge in [-0.3, -0.25) is 0 Å². The van der Waals surface area contributed by atoms with E-state index in [9.17, 15) is 0 Å². The van der Waals surface area contributed by atoms with Crippen LogP contribution < -0.4 is 5.73 Å². The van der Waals surface area contributed by atoms with E-state index >= 15 is 0 Å². The van der Waals surface area contributed by atoms with Gasteiger partial charge in [-0.25, -0.2) is 0 Å². The van der Waals surface area contributed by atoms with Crippen LogP contribution in [-0.2, 0) is 5.54 Å². The Morgan fingerprint density at radius 3 is 2.88 bits per heavy atom. The second-order valence-electron chi connectivity index (χ2n) is 5.38. The van der Waals surface area contributed by atoms with Gasteiger partial charge in [0, 0.05) is 6.92 Å². The zero-order valence-electron chi connectivity index (χ0n) is 10.9. The molecule has 0 spiro atoms. The van der Waals surface area contributed by atoms with E-state index in [-0.39, 0.29) is 5.54 Å². The first-order valence-electron chi connectivity index (χ1n) is 6.74. The molecule has 2 atom stereocenters. The van der Waals surface area contributed by atoms with Crippen LogP contribution in [0.25, 0.3) is 0 Å². The average Bonchev–Trinajstić information content (AvgIpc) is 2.65. The van der Waals surface area contributed by atoms with E-state index in [1.165, 1.54) is 32.1 Å². The van der Waals surface area contributed by atoms with Crippen molar-refractivity contribution < 1.29 is 4.52 Å². The van der Waals surface area contributed by atoms with Crippen molar-refractivity contribution in [2.75, 3.05) is 0 Å². The Morgan fingerprint density at radius 2 is 2.24 bits per heavy atom. The maximum absolute atomic E-state index is 6.47. The van der Waals surface area contributed by atoms with Gasteiger partial charge in [0.15, 0.2) is 5.82 Å². The summed E-state index contributed by atoms with van der Waals surface area (Å²) in [7, 11) is 0. The molecule has 1 fully saturated rings. The fourth-order valence-corrected chi connectivity index (χ4v) is 2.86. The second-order valence-corrected chi connectivity index (χ2v) is 5.38. The van der Waals surface area contributed by atoms with Crippen LogP contribution >= 0.6 is 0 Å². The lowest BCUT2D eigenvalue weighted by molar-refractivity contribution is 0.321. The minimum Gasteiger partial charge on any atom is -0.340 e. The highest BCUT2D eigenvalue weighted by Crippen LogP contribution is 2.36. The van der Waals surface area contributed by atoms with E-state index in [1.807, 2.05) is 6.92 Å². The summed E-state index contributed by atoms with van der Waals surface area (Å²) in [6, 6.07) is 0. The molecule has 4 heteroatoms. The van der Waals surface area contributed by atoms with Gasteiger partial charge in [-0.1, -0.05) is 37.8 Å². The fourth-order valence-electron chi connectivity index (χ4n) is 2.86. The highest BCUT2D eigenvalue weighted by molar-refractivity contribution is 5.04. The van der Waals surface area contributed by atoms with Crippen molar-refractivity contribution in [2.45, 2.75) is 64.3 Å². The average molecular weight is 237 g/mol. The Kier molecular flexibility index (Phi) is 3.82. The second kappa shape index (κ2) is 5.17. The van der Waals surface area contributed by atoms with Crippen molar-refractivity contribution in [3.8, 4) is 0 Å². The summed E-state index contributed by atoms with van der Waals surface area (Å²) in [5.74, 6) is 2.14. The molecular weight excluding hydrogens is 214 g/mol. The Balaban J connectivity index is 2.06. The van der Waals surface area contributed by atoms with Gasteiger partial charge < -0.3 is 10.3 Å². The molecule has 1 aromatic rings. The first-order chi connectivity index (χ1) is 8.14. The van der Waals surface area contributed by atoms with E-state index in [2.05, 4.69) is 17.1 Å². The molecule has 1 aliphatic rings. The molecule has 2 N–H and O–H groups in total. The highest BCUT2D eigenvalue weighted by atomic mass is 16.5. The molecule has 1 aliphatic carbocycles. The monoisotopic (exact) mass is 237 g/mol. The predicted octanol–water partition coefficient (Wildman–Crippen LogP) is 2.91. The molecule has 2 rings (SSSR count). The standard InChI is InChI=1S/C13H23N3O/c1-3-5-11-6-4-8-13(14,9-7-11)12-15-10(2)17-16-12/h11H,3-9,14H2,1-2H3. The first kappa shape index (κ1) is 12.6. The van der Waals surface area contributed by atoms with Gasteiger partial charge in [0.05, 0.1) is 5.54 Å². The maximum Gasteiger partial charge on any atom is 0.223 e. The summed E-state index contributed by atoms with van der Waals surface area (Å²) < 4.78 is 5.06. The molecule has 17 heavy (non-hydrogen) atoms. The van der Waals surface area contributed by atoms with Crippen LogP contribution in [0.15, 0.2) is 4.52 Å². The van der Waals surface area contributed by atoms with Gasteiger partial charge in [-0.2, -0.15) is 4.98 Å². The molecule has 0 amide bonds. The van der Waals surface area contributed by atoms with E-state index < -0.39 is 0 Å². The van der Waals surface area contributed by atoms with Crippen molar-refractivity contribution in [1.82, 2.24) is 10.1 Å². The lowest BCUT2D eigenvalue weighted by Gasteiger charge is -2.23. The predicted molar refractivity (Wildman–Crippen MR) is 66.4 cm³/mol. The van der Waals surface area contributed by atoms with E-state index in [0.717, 1.165) is 18.8 Å². The molecule has 1 aromatic heterocycles. The molecule has 1 saturated carbocycles. The van der Waals surface area contributed by atoms with E-state index in [4.69, 9.17) is 10.3 Å². The van der Waals surface area contributed by atoms with Crippen LogP contribution in [0.1, 0.15) is 63.6 Å². The molecule has 0 saturated heterocycles. The highest BCUT2D eigenvalue weighted by Gasteiger charge is 2.34. The van der Waals surface area contributed by atoms with Crippen LogP contribution in [0.2, 0.25) is 0 Å². The van der Waals surface area contributed by atoms with Crippen LogP contribution in [-0.4, -0.2) is 10.1 Å².